The molecule has 0 aliphatic carbocycles. The van der Waals surface area contributed by atoms with Crippen LogP contribution in [0.2, 0.25) is 0 Å². The number of carbonyl (C=O) groups excluding carboxylic acids is 2. The molecule has 1 aromatic heterocycles. The van der Waals surface area contributed by atoms with Crippen LogP contribution in [0, 0.1) is 6.92 Å². The molecule has 3 N–H and O–H groups in total. The highest BCUT2D eigenvalue weighted by Gasteiger charge is 2.13. The Morgan fingerprint density at radius 1 is 1.25 bits per heavy atom. The first kappa shape index (κ1) is 15.9. The fraction of sp³-hybridized carbons (Fsp3) is 0.118. The maximum Gasteiger partial charge on any atom is 0.259 e. The molecule has 3 rings (SSSR count). The molecule has 0 aliphatic heterocycles. The minimum atomic E-state index is -0.601. The topological polar surface area (TPSA) is 94.3 Å². The van der Waals surface area contributed by atoms with Gasteiger partial charge in [-0.3, -0.25) is 9.59 Å². The summed E-state index contributed by atoms with van der Waals surface area (Å²) in [5.74, 6) is -0.615. The molecule has 3 aromatic rings. The monoisotopic (exact) mass is 341 g/mol. The summed E-state index contributed by atoms with van der Waals surface area (Å²) >= 11 is 1.57. The number of hydrogen-bond acceptors (Lipinski definition) is 5. The van der Waals surface area contributed by atoms with Crippen molar-refractivity contribution in [3.05, 3.63) is 53.0 Å². The van der Waals surface area contributed by atoms with Crippen LogP contribution in [-0.4, -0.2) is 23.4 Å². The van der Waals surface area contributed by atoms with E-state index in [9.17, 15) is 9.59 Å². The van der Waals surface area contributed by atoms with E-state index in [2.05, 4.69) is 10.3 Å². The highest BCUT2D eigenvalue weighted by Crippen LogP contribution is 2.26. The summed E-state index contributed by atoms with van der Waals surface area (Å²) in [6.45, 7) is 1.66. The van der Waals surface area contributed by atoms with Crippen LogP contribution < -0.4 is 15.8 Å². The van der Waals surface area contributed by atoms with Gasteiger partial charge >= 0.3 is 0 Å². The van der Waals surface area contributed by atoms with Crippen LogP contribution >= 0.6 is 11.3 Å². The van der Waals surface area contributed by atoms with Crippen LogP contribution in [0.4, 0.5) is 5.69 Å². The fourth-order valence-corrected chi connectivity index (χ4v) is 3.11. The van der Waals surface area contributed by atoms with Crippen molar-refractivity contribution >= 4 is 39.1 Å². The standard InChI is InChI=1S/C17H15N3O3S/c1-10-19-13-7-6-11(8-15(13)24-10)20-17(22)12-4-2-3-5-14(12)23-9-16(18)21/h2-8H,9H2,1H3,(H2,18,21)(H,20,22). The molecule has 122 valence electrons. The molecule has 24 heavy (non-hydrogen) atoms. The molecule has 0 saturated carbocycles. The summed E-state index contributed by atoms with van der Waals surface area (Å²) in [6, 6.07) is 12.2. The molecular weight excluding hydrogens is 326 g/mol. The van der Waals surface area contributed by atoms with E-state index in [4.69, 9.17) is 10.5 Å². The number of fused-ring (bicyclic) bond motifs is 1. The van der Waals surface area contributed by atoms with Gasteiger partial charge in [0.25, 0.3) is 11.8 Å². The normalized spacial score (nSPS) is 10.5. The van der Waals surface area contributed by atoms with Crippen molar-refractivity contribution in [1.82, 2.24) is 4.98 Å². The van der Waals surface area contributed by atoms with E-state index in [1.54, 1.807) is 41.7 Å². The minimum absolute atomic E-state index is 0.281. The number of primary amides is 1. The van der Waals surface area contributed by atoms with Gasteiger partial charge in [0.15, 0.2) is 6.61 Å². The first-order valence-corrected chi connectivity index (χ1v) is 8.03. The minimum Gasteiger partial charge on any atom is -0.483 e. The number of hydrogen-bond donors (Lipinski definition) is 2. The van der Waals surface area contributed by atoms with E-state index < -0.39 is 5.91 Å². The number of aryl methyl sites for hydroxylation is 1. The van der Waals surface area contributed by atoms with E-state index in [1.165, 1.54) is 0 Å². The summed E-state index contributed by atoms with van der Waals surface area (Å²) < 4.78 is 6.29. The van der Waals surface area contributed by atoms with E-state index in [-0.39, 0.29) is 12.5 Å². The largest absolute Gasteiger partial charge is 0.483 e. The van der Waals surface area contributed by atoms with Crippen molar-refractivity contribution in [2.75, 3.05) is 11.9 Å². The number of nitrogens with zero attached hydrogens (tertiary/aromatic N) is 1. The molecule has 7 heteroatoms. The fourth-order valence-electron chi connectivity index (χ4n) is 2.24. The highest BCUT2D eigenvalue weighted by molar-refractivity contribution is 7.18. The Kier molecular flexibility index (Phi) is 4.43. The number of thiazole rings is 1. The Hall–Kier alpha value is -2.93. The molecule has 0 bridgehead atoms. The number of para-hydroxylation sites is 1. The summed E-state index contributed by atoms with van der Waals surface area (Å²) in [7, 11) is 0. The molecular formula is C17H15N3O3S. The maximum absolute atomic E-state index is 12.5. The van der Waals surface area contributed by atoms with Crippen molar-refractivity contribution in [2.45, 2.75) is 6.92 Å². The van der Waals surface area contributed by atoms with Crippen LogP contribution in [0.3, 0.4) is 0 Å². The third-order valence-corrected chi connectivity index (χ3v) is 4.19. The second-order valence-electron chi connectivity index (χ2n) is 5.12. The maximum atomic E-state index is 12.5. The van der Waals surface area contributed by atoms with Crippen LogP contribution in [0.5, 0.6) is 5.75 Å². The van der Waals surface area contributed by atoms with Crippen molar-refractivity contribution in [3.63, 3.8) is 0 Å². The summed E-state index contributed by atoms with van der Waals surface area (Å²) in [5, 5.41) is 3.80. The lowest BCUT2D eigenvalue weighted by atomic mass is 10.2. The zero-order chi connectivity index (χ0) is 17.1. The molecule has 0 fully saturated rings. The Morgan fingerprint density at radius 2 is 2.04 bits per heavy atom. The summed E-state index contributed by atoms with van der Waals surface area (Å²) in [5.41, 5.74) is 6.98. The predicted octanol–water partition coefficient (Wildman–Crippen LogP) is 2.72. The average molecular weight is 341 g/mol. The number of amides is 2. The Balaban J connectivity index is 1.82. The summed E-state index contributed by atoms with van der Waals surface area (Å²) in [4.78, 5) is 27.8. The number of nitrogens with two attached hydrogens (primary N) is 1. The first-order valence-electron chi connectivity index (χ1n) is 7.21. The lowest BCUT2D eigenvalue weighted by Gasteiger charge is -2.10. The van der Waals surface area contributed by atoms with Gasteiger partial charge < -0.3 is 15.8 Å². The van der Waals surface area contributed by atoms with Crippen LogP contribution in [0.25, 0.3) is 10.2 Å². The molecule has 1 heterocycles. The number of anilines is 1. The smallest absolute Gasteiger partial charge is 0.259 e. The number of ether oxygens (including phenoxy) is 1. The molecule has 0 spiro atoms. The van der Waals surface area contributed by atoms with E-state index in [0.717, 1.165) is 15.2 Å². The zero-order valence-electron chi connectivity index (χ0n) is 12.9. The molecule has 0 unspecified atom stereocenters. The van der Waals surface area contributed by atoms with Gasteiger partial charge in [-0.2, -0.15) is 0 Å². The van der Waals surface area contributed by atoms with Gasteiger partial charge in [-0.1, -0.05) is 12.1 Å². The molecule has 0 saturated heterocycles. The SMILES string of the molecule is Cc1nc2ccc(NC(=O)c3ccccc3OCC(N)=O)cc2s1. The number of carbonyl (C=O) groups is 2. The van der Waals surface area contributed by atoms with Crippen molar-refractivity contribution in [2.24, 2.45) is 5.73 Å². The number of rotatable bonds is 5. The van der Waals surface area contributed by atoms with Gasteiger partial charge in [-0.05, 0) is 37.3 Å². The number of nitrogens with one attached hydrogen (secondary N) is 1. The van der Waals surface area contributed by atoms with Crippen LogP contribution in [0.15, 0.2) is 42.5 Å². The third kappa shape index (κ3) is 3.52. The molecule has 2 aromatic carbocycles. The highest BCUT2D eigenvalue weighted by atomic mass is 32.1. The Labute approximate surface area is 142 Å². The Bertz CT molecular complexity index is 920. The quantitative estimate of drug-likeness (QED) is 0.746. The average Bonchev–Trinajstić information content (AvgIpc) is 2.92. The van der Waals surface area contributed by atoms with Gasteiger partial charge in [0.1, 0.15) is 5.75 Å². The van der Waals surface area contributed by atoms with E-state index in [0.29, 0.717) is 17.0 Å². The second-order valence-corrected chi connectivity index (χ2v) is 6.36. The predicted molar refractivity (Wildman–Crippen MR) is 93.4 cm³/mol. The molecule has 6 nitrogen and oxygen atoms in total. The van der Waals surface area contributed by atoms with Crippen molar-refractivity contribution < 1.29 is 14.3 Å². The lowest BCUT2D eigenvalue weighted by Crippen LogP contribution is -2.21. The molecule has 0 radical (unpaired) electrons. The van der Waals surface area contributed by atoms with Gasteiger partial charge in [-0.25, -0.2) is 4.98 Å². The zero-order valence-corrected chi connectivity index (χ0v) is 13.7. The molecule has 0 atom stereocenters. The lowest BCUT2D eigenvalue weighted by molar-refractivity contribution is -0.119. The molecule has 0 aliphatic rings. The van der Waals surface area contributed by atoms with Gasteiger partial charge in [0, 0.05) is 5.69 Å². The van der Waals surface area contributed by atoms with Gasteiger partial charge in [0.05, 0.1) is 20.8 Å². The second kappa shape index (κ2) is 6.67. The van der Waals surface area contributed by atoms with Gasteiger partial charge in [-0.15, -0.1) is 11.3 Å². The summed E-state index contributed by atoms with van der Waals surface area (Å²) in [6.07, 6.45) is 0. The van der Waals surface area contributed by atoms with Gasteiger partial charge in [0.2, 0.25) is 0 Å². The number of aromatic nitrogens is 1. The third-order valence-electron chi connectivity index (χ3n) is 3.25. The number of benzene rings is 2. The van der Waals surface area contributed by atoms with Crippen molar-refractivity contribution in [3.8, 4) is 5.75 Å². The first-order chi connectivity index (χ1) is 11.5. The van der Waals surface area contributed by atoms with Crippen LogP contribution in [0.1, 0.15) is 15.4 Å². The Morgan fingerprint density at radius 3 is 2.83 bits per heavy atom. The van der Waals surface area contributed by atoms with Crippen LogP contribution in [-0.2, 0) is 4.79 Å². The van der Waals surface area contributed by atoms with Crippen molar-refractivity contribution in [1.29, 1.82) is 0 Å². The van der Waals surface area contributed by atoms with E-state index >= 15 is 0 Å². The van der Waals surface area contributed by atoms with E-state index in [1.807, 2.05) is 19.1 Å². The molecule has 2 amide bonds.